The van der Waals surface area contributed by atoms with Gasteiger partial charge < -0.3 is 5.11 Å². The predicted molar refractivity (Wildman–Crippen MR) is 87.3 cm³/mol. The molecule has 1 atom stereocenters. The molecule has 128 valence electrons. The van der Waals surface area contributed by atoms with Gasteiger partial charge in [0.15, 0.2) is 0 Å². The van der Waals surface area contributed by atoms with Crippen molar-refractivity contribution < 1.29 is 18.3 Å². The Morgan fingerprint density at radius 3 is 2.79 bits per heavy atom. The molecule has 3 rings (SSSR count). The fourth-order valence-electron chi connectivity index (χ4n) is 2.57. The zero-order chi connectivity index (χ0) is 17.3. The maximum Gasteiger partial charge on any atom is 0.307 e. The van der Waals surface area contributed by atoms with Crippen molar-refractivity contribution in [3.63, 3.8) is 0 Å². The van der Waals surface area contributed by atoms with Crippen LogP contribution in [0.3, 0.4) is 0 Å². The molecule has 1 unspecified atom stereocenters. The second kappa shape index (κ2) is 6.46. The minimum absolute atomic E-state index is 0.0121. The van der Waals surface area contributed by atoms with Gasteiger partial charge in [-0.2, -0.15) is 9.40 Å². The summed E-state index contributed by atoms with van der Waals surface area (Å²) < 4.78 is 26.8. The number of nitrogens with zero attached hydrogens (tertiary/aromatic N) is 2. The quantitative estimate of drug-likeness (QED) is 0.829. The van der Waals surface area contributed by atoms with Gasteiger partial charge in [0.25, 0.3) is 15.6 Å². The van der Waals surface area contributed by atoms with Gasteiger partial charge in [0, 0.05) is 19.2 Å². The number of aromatic amines is 1. The Kier molecular flexibility index (Phi) is 4.52. The average Bonchev–Trinajstić information content (AvgIpc) is 3.06. The molecule has 24 heavy (non-hydrogen) atoms. The Balaban J connectivity index is 1.86. The Morgan fingerprint density at radius 2 is 2.12 bits per heavy atom. The lowest BCUT2D eigenvalue weighted by molar-refractivity contribution is -0.142. The van der Waals surface area contributed by atoms with Gasteiger partial charge in [0.2, 0.25) is 0 Å². The number of nitrogens with one attached hydrogen (secondary N) is 1. The highest BCUT2D eigenvalue weighted by Crippen LogP contribution is 2.32. The number of aliphatic carboxylic acids is 1. The Labute approximate surface area is 141 Å². The molecule has 0 amide bonds. The first-order valence-electron chi connectivity index (χ1n) is 7.27. The first-order chi connectivity index (χ1) is 11.4. The summed E-state index contributed by atoms with van der Waals surface area (Å²) in [5.74, 6) is -1.65. The smallest absolute Gasteiger partial charge is 0.307 e. The molecule has 0 spiro atoms. The van der Waals surface area contributed by atoms with Crippen LogP contribution in [0.1, 0.15) is 12.8 Å². The molecule has 0 bridgehead atoms. The molecule has 1 aliphatic rings. The van der Waals surface area contributed by atoms with Gasteiger partial charge >= 0.3 is 5.97 Å². The fraction of sp³-hybridized carbons (Fsp3) is 0.357. The van der Waals surface area contributed by atoms with Crippen molar-refractivity contribution in [1.29, 1.82) is 0 Å². The van der Waals surface area contributed by atoms with Crippen LogP contribution in [0.2, 0.25) is 0 Å². The van der Waals surface area contributed by atoms with Gasteiger partial charge in [-0.05, 0) is 31.0 Å². The summed E-state index contributed by atoms with van der Waals surface area (Å²) in [6.45, 7) is 0.304. The van der Waals surface area contributed by atoms with E-state index < -0.39 is 21.9 Å². The number of hydrogen-bond donors (Lipinski definition) is 2. The largest absolute Gasteiger partial charge is 0.481 e. The molecular formula is C14H15N3O5S2. The zero-order valence-electron chi connectivity index (χ0n) is 12.5. The highest BCUT2D eigenvalue weighted by atomic mass is 32.2. The monoisotopic (exact) mass is 369 g/mol. The molecule has 1 saturated heterocycles. The third kappa shape index (κ3) is 3.25. The van der Waals surface area contributed by atoms with E-state index in [0.29, 0.717) is 30.0 Å². The second-order valence-electron chi connectivity index (χ2n) is 5.47. The van der Waals surface area contributed by atoms with E-state index in [4.69, 9.17) is 5.11 Å². The van der Waals surface area contributed by atoms with Gasteiger partial charge in [0.05, 0.1) is 10.8 Å². The Morgan fingerprint density at radius 1 is 1.33 bits per heavy atom. The molecule has 1 fully saturated rings. The van der Waals surface area contributed by atoms with Crippen molar-refractivity contribution in [2.24, 2.45) is 5.92 Å². The highest BCUT2D eigenvalue weighted by Gasteiger charge is 2.34. The van der Waals surface area contributed by atoms with E-state index in [0.717, 1.165) is 11.3 Å². The van der Waals surface area contributed by atoms with Crippen molar-refractivity contribution in [1.82, 2.24) is 14.5 Å². The van der Waals surface area contributed by atoms with E-state index in [1.165, 1.54) is 22.5 Å². The third-order valence-electron chi connectivity index (χ3n) is 3.84. The Bertz CT molecular complexity index is 898. The van der Waals surface area contributed by atoms with Gasteiger partial charge in [-0.3, -0.25) is 9.59 Å². The van der Waals surface area contributed by atoms with Crippen LogP contribution in [-0.4, -0.2) is 47.1 Å². The summed E-state index contributed by atoms with van der Waals surface area (Å²) in [7, 11) is -3.73. The molecular weight excluding hydrogens is 354 g/mol. The molecule has 0 aliphatic carbocycles. The minimum atomic E-state index is -3.73. The third-order valence-corrected chi connectivity index (χ3v) is 7.28. The molecule has 10 heteroatoms. The van der Waals surface area contributed by atoms with Crippen LogP contribution in [0, 0.1) is 5.92 Å². The molecule has 0 aromatic carbocycles. The summed E-state index contributed by atoms with van der Waals surface area (Å²) in [6.07, 6.45) is 1.01. The maximum absolute atomic E-state index is 12.7. The molecule has 0 saturated carbocycles. The van der Waals surface area contributed by atoms with Crippen LogP contribution in [0.15, 0.2) is 33.3 Å². The van der Waals surface area contributed by atoms with E-state index >= 15 is 0 Å². The maximum atomic E-state index is 12.7. The first-order valence-corrected chi connectivity index (χ1v) is 9.52. The van der Waals surface area contributed by atoms with Crippen molar-refractivity contribution >= 4 is 27.3 Å². The number of H-pyrrole nitrogens is 1. The number of carbonyl (C=O) groups is 1. The van der Waals surface area contributed by atoms with E-state index in [2.05, 4.69) is 10.2 Å². The predicted octanol–water partition coefficient (Wildman–Crippen LogP) is 0.984. The lowest BCUT2D eigenvalue weighted by atomic mass is 10.0. The van der Waals surface area contributed by atoms with Crippen LogP contribution in [0.25, 0.3) is 10.6 Å². The van der Waals surface area contributed by atoms with E-state index in [1.807, 2.05) is 0 Å². The van der Waals surface area contributed by atoms with Crippen molar-refractivity contribution in [3.05, 3.63) is 34.6 Å². The zero-order valence-corrected chi connectivity index (χ0v) is 14.1. The van der Waals surface area contributed by atoms with Crippen molar-refractivity contribution in [2.75, 3.05) is 13.1 Å². The molecule has 0 radical (unpaired) electrons. The molecule has 2 N–H and O–H groups in total. The second-order valence-corrected chi connectivity index (χ2v) is 8.71. The summed E-state index contributed by atoms with van der Waals surface area (Å²) in [4.78, 5) is 22.8. The molecule has 2 aromatic heterocycles. The van der Waals surface area contributed by atoms with Crippen molar-refractivity contribution in [2.45, 2.75) is 17.1 Å². The summed E-state index contributed by atoms with van der Waals surface area (Å²) in [5, 5.41) is 15.3. The van der Waals surface area contributed by atoms with Crippen LogP contribution in [0.4, 0.5) is 0 Å². The van der Waals surface area contributed by atoms with Crippen LogP contribution >= 0.6 is 11.3 Å². The number of thiophene rings is 1. The van der Waals surface area contributed by atoms with Gasteiger partial charge in [-0.1, -0.05) is 0 Å². The lowest BCUT2D eigenvalue weighted by Gasteiger charge is -2.29. The summed E-state index contributed by atoms with van der Waals surface area (Å²) >= 11 is 1.04. The normalized spacial score (nSPS) is 19.2. The average molecular weight is 369 g/mol. The van der Waals surface area contributed by atoms with Gasteiger partial charge in [0.1, 0.15) is 9.90 Å². The van der Waals surface area contributed by atoms with Crippen LogP contribution in [0.5, 0.6) is 0 Å². The van der Waals surface area contributed by atoms with Gasteiger partial charge in [-0.15, -0.1) is 11.3 Å². The molecule has 2 aromatic rings. The molecule has 8 nitrogen and oxygen atoms in total. The van der Waals surface area contributed by atoms with Gasteiger partial charge in [-0.25, -0.2) is 13.5 Å². The SMILES string of the molecule is O=C(O)C1CCCN(S(=O)(=O)c2ccc(-c3ccc(=O)[nH]n3)s2)C1. The van der Waals surface area contributed by atoms with E-state index in [1.54, 1.807) is 6.07 Å². The highest BCUT2D eigenvalue weighted by molar-refractivity contribution is 7.91. The van der Waals surface area contributed by atoms with Crippen LogP contribution in [-0.2, 0) is 14.8 Å². The Hall–Kier alpha value is -2.04. The van der Waals surface area contributed by atoms with Crippen LogP contribution < -0.4 is 5.56 Å². The summed E-state index contributed by atoms with van der Waals surface area (Å²) in [6, 6.07) is 5.93. The first kappa shape index (κ1) is 16.8. The lowest BCUT2D eigenvalue weighted by Crippen LogP contribution is -2.41. The number of hydrogen-bond acceptors (Lipinski definition) is 6. The number of aromatic nitrogens is 2. The number of piperidine rings is 1. The topological polar surface area (TPSA) is 120 Å². The van der Waals surface area contributed by atoms with E-state index in [-0.39, 0.29) is 16.3 Å². The summed E-state index contributed by atoms with van der Waals surface area (Å²) in [5.41, 5.74) is 0.138. The molecule has 1 aliphatic heterocycles. The fourth-order valence-corrected chi connectivity index (χ4v) is 5.52. The minimum Gasteiger partial charge on any atom is -0.481 e. The number of carboxylic acid groups (broad SMARTS) is 1. The number of rotatable bonds is 4. The number of carboxylic acids is 1. The van der Waals surface area contributed by atoms with Crippen molar-refractivity contribution in [3.8, 4) is 10.6 Å². The van der Waals surface area contributed by atoms with E-state index in [9.17, 15) is 18.0 Å². The standard InChI is InChI=1S/C14H15N3O5S2/c18-12-5-3-10(15-16-12)11-4-6-13(23-11)24(21,22)17-7-1-2-9(8-17)14(19)20/h3-6,9H,1-2,7-8H2,(H,16,18)(H,19,20). The number of sulfonamides is 1. The molecule has 3 heterocycles.